The predicted octanol–water partition coefficient (Wildman–Crippen LogP) is 3.51. The van der Waals surface area contributed by atoms with Crippen molar-refractivity contribution in [3.63, 3.8) is 0 Å². The smallest absolute Gasteiger partial charge is 0.341 e. The Bertz CT molecular complexity index is 1170. The summed E-state index contributed by atoms with van der Waals surface area (Å²) in [6.45, 7) is 2.82. The van der Waals surface area contributed by atoms with Gasteiger partial charge >= 0.3 is 5.97 Å². The van der Waals surface area contributed by atoms with E-state index < -0.39 is 33.8 Å². The number of halogens is 2. The second-order valence-electron chi connectivity index (χ2n) is 7.82. The number of carbonyl (C=O) groups excluding carboxylic acids is 2. The molecular weight excluding hydrogens is 473 g/mol. The molecule has 1 amide bonds. The summed E-state index contributed by atoms with van der Waals surface area (Å²) in [7, 11) is -0.989. The molecule has 1 heterocycles. The van der Waals surface area contributed by atoms with Crippen LogP contribution < -0.4 is 10.2 Å². The van der Waals surface area contributed by atoms with Gasteiger partial charge in [0.1, 0.15) is 5.82 Å². The SMILES string of the molecule is C[C@H](OC(=O)c1cc(S(=O)(=O)N(C)C)ccc1N1CCCC1)C(=O)Nc1ccc(F)cc1Cl. The van der Waals surface area contributed by atoms with Crippen LogP contribution in [0.4, 0.5) is 15.8 Å². The molecule has 178 valence electrons. The van der Waals surface area contributed by atoms with E-state index >= 15 is 0 Å². The lowest BCUT2D eigenvalue weighted by Crippen LogP contribution is -2.31. The van der Waals surface area contributed by atoms with Gasteiger partial charge in [0.2, 0.25) is 10.0 Å². The monoisotopic (exact) mass is 497 g/mol. The largest absolute Gasteiger partial charge is 0.449 e. The Hall–Kier alpha value is -2.69. The van der Waals surface area contributed by atoms with Crippen LogP contribution in [0.5, 0.6) is 0 Å². The number of hydrogen-bond acceptors (Lipinski definition) is 6. The first kappa shape index (κ1) is 24.9. The minimum Gasteiger partial charge on any atom is -0.449 e. The Morgan fingerprint density at radius 3 is 2.42 bits per heavy atom. The number of anilines is 2. The molecule has 8 nitrogen and oxygen atoms in total. The summed E-state index contributed by atoms with van der Waals surface area (Å²) in [5, 5.41) is 2.49. The lowest BCUT2D eigenvalue weighted by Gasteiger charge is -2.23. The van der Waals surface area contributed by atoms with Crippen LogP contribution in [0.3, 0.4) is 0 Å². The molecule has 1 atom stereocenters. The van der Waals surface area contributed by atoms with Crippen LogP contribution in [0.2, 0.25) is 5.02 Å². The highest BCUT2D eigenvalue weighted by Crippen LogP contribution is 2.29. The molecule has 0 radical (unpaired) electrons. The average Bonchev–Trinajstić information content (AvgIpc) is 3.29. The van der Waals surface area contributed by atoms with E-state index in [1.807, 2.05) is 4.90 Å². The quantitative estimate of drug-likeness (QED) is 0.588. The van der Waals surface area contributed by atoms with Crippen LogP contribution in [0.1, 0.15) is 30.1 Å². The Morgan fingerprint density at radius 1 is 1.15 bits per heavy atom. The van der Waals surface area contributed by atoms with Crippen molar-refractivity contribution < 1.29 is 27.1 Å². The van der Waals surface area contributed by atoms with E-state index in [-0.39, 0.29) is 21.2 Å². The van der Waals surface area contributed by atoms with Crippen molar-refractivity contribution in [2.75, 3.05) is 37.4 Å². The van der Waals surface area contributed by atoms with E-state index in [1.165, 1.54) is 39.2 Å². The lowest BCUT2D eigenvalue weighted by atomic mass is 10.1. The minimum absolute atomic E-state index is 0.000195. The van der Waals surface area contributed by atoms with E-state index in [9.17, 15) is 22.4 Å². The van der Waals surface area contributed by atoms with Crippen molar-refractivity contribution >= 4 is 44.9 Å². The maximum Gasteiger partial charge on any atom is 0.341 e. The van der Waals surface area contributed by atoms with Gasteiger partial charge in [-0.05, 0) is 56.2 Å². The first-order chi connectivity index (χ1) is 15.5. The third-order valence-corrected chi connectivity index (χ3v) is 7.38. The third kappa shape index (κ3) is 5.63. The molecule has 0 aliphatic carbocycles. The number of benzene rings is 2. The first-order valence-electron chi connectivity index (χ1n) is 10.3. The van der Waals surface area contributed by atoms with Gasteiger partial charge in [0.05, 0.1) is 26.9 Å². The number of esters is 1. The number of nitrogens with one attached hydrogen (secondary N) is 1. The van der Waals surface area contributed by atoms with Gasteiger partial charge in [-0.25, -0.2) is 21.9 Å². The average molecular weight is 498 g/mol. The summed E-state index contributed by atoms with van der Waals surface area (Å²) >= 11 is 5.93. The molecule has 1 fully saturated rings. The molecule has 0 saturated carbocycles. The molecule has 1 aliphatic heterocycles. The number of sulfonamides is 1. The zero-order valence-electron chi connectivity index (χ0n) is 18.5. The molecule has 1 aliphatic rings. The van der Waals surface area contributed by atoms with Gasteiger partial charge in [-0.2, -0.15) is 0 Å². The van der Waals surface area contributed by atoms with E-state index in [0.29, 0.717) is 5.69 Å². The summed E-state index contributed by atoms with van der Waals surface area (Å²) < 4.78 is 44.8. The number of nitrogens with zero attached hydrogens (tertiary/aromatic N) is 2. The molecule has 2 aromatic rings. The molecule has 33 heavy (non-hydrogen) atoms. The normalized spacial score (nSPS) is 14.9. The van der Waals surface area contributed by atoms with Crippen LogP contribution in [-0.2, 0) is 19.6 Å². The van der Waals surface area contributed by atoms with E-state index in [1.54, 1.807) is 6.07 Å². The van der Waals surface area contributed by atoms with Crippen molar-refractivity contribution in [2.24, 2.45) is 0 Å². The van der Waals surface area contributed by atoms with Gasteiger partial charge < -0.3 is 15.0 Å². The van der Waals surface area contributed by atoms with Crippen molar-refractivity contribution in [3.8, 4) is 0 Å². The Labute approximate surface area is 197 Å². The maximum absolute atomic E-state index is 13.2. The number of rotatable bonds is 7. The molecule has 3 rings (SSSR count). The van der Waals surface area contributed by atoms with Crippen LogP contribution in [0.25, 0.3) is 0 Å². The lowest BCUT2D eigenvalue weighted by molar-refractivity contribution is -0.123. The maximum atomic E-state index is 13.2. The molecule has 1 N–H and O–H groups in total. The third-order valence-electron chi connectivity index (χ3n) is 5.26. The topological polar surface area (TPSA) is 96.0 Å². The first-order valence-corrected chi connectivity index (χ1v) is 12.1. The molecule has 0 bridgehead atoms. The molecular formula is C22H25ClFN3O5S. The highest BCUT2D eigenvalue weighted by Gasteiger charge is 2.27. The molecule has 1 saturated heterocycles. The van der Waals surface area contributed by atoms with Crippen molar-refractivity contribution in [3.05, 3.63) is 52.8 Å². The van der Waals surface area contributed by atoms with Crippen LogP contribution in [0, 0.1) is 5.82 Å². The highest BCUT2D eigenvalue weighted by atomic mass is 35.5. The van der Waals surface area contributed by atoms with Crippen molar-refractivity contribution in [1.29, 1.82) is 0 Å². The summed E-state index contributed by atoms with van der Waals surface area (Å²) in [4.78, 5) is 27.5. The number of amides is 1. The highest BCUT2D eigenvalue weighted by molar-refractivity contribution is 7.89. The van der Waals surface area contributed by atoms with Crippen molar-refractivity contribution in [1.82, 2.24) is 4.31 Å². The van der Waals surface area contributed by atoms with E-state index in [4.69, 9.17) is 16.3 Å². The van der Waals surface area contributed by atoms with E-state index in [0.717, 1.165) is 42.4 Å². The molecule has 0 aromatic heterocycles. The summed E-state index contributed by atoms with van der Waals surface area (Å²) in [6.07, 6.45) is 0.673. The van der Waals surface area contributed by atoms with Gasteiger partial charge in [0.15, 0.2) is 6.10 Å². The fourth-order valence-electron chi connectivity index (χ4n) is 3.39. The Kier molecular flexibility index (Phi) is 7.61. The van der Waals surface area contributed by atoms with Gasteiger partial charge in [0.25, 0.3) is 5.91 Å². The predicted molar refractivity (Wildman–Crippen MR) is 124 cm³/mol. The Morgan fingerprint density at radius 2 is 1.82 bits per heavy atom. The standard InChI is InChI=1S/C22H25ClFN3O5S/c1-14(21(28)25-19-8-6-15(24)12-18(19)23)32-22(29)17-13-16(33(30,31)26(2)3)7-9-20(17)27-10-4-5-11-27/h6-9,12-14H,4-5,10-11H2,1-3H3,(H,25,28)/t14-/m0/s1. The number of ether oxygens (including phenoxy) is 1. The molecule has 2 aromatic carbocycles. The van der Waals surface area contributed by atoms with Crippen LogP contribution in [0.15, 0.2) is 41.3 Å². The van der Waals surface area contributed by atoms with Gasteiger partial charge in [0, 0.05) is 27.2 Å². The number of carbonyl (C=O) groups is 2. The van der Waals surface area contributed by atoms with Gasteiger partial charge in [-0.15, -0.1) is 0 Å². The molecule has 0 unspecified atom stereocenters. The van der Waals surface area contributed by atoms with Crippen LogP contribution in [-0.4, -0.2) is 57.9 Å². The fourth-order valence-corrected chi connectivity index (χ4v) is 4.53. The zero-order valence-corrected chi connectivity index (χ0v) is 20.0. The van der Waals surface area contributed by atoms with Crippen molar-refractivity contribution in [2.45, 2.75) is 30.8 Å². The zero-order chi connectivity index (χ0) is 24.3. The number of hydrogen-bond donors (Lipinski definition) is 1. The second kappa shape index (κ2) is 10.1. The second-order valence-corrected chi connectivity index (χ2v) is 10.4. The van der Waals surface area contributed by atoms with E-state index in [2.05, 4.69) is 5.32 Å². The summed E-state index contributed by atoms with van der Waals surface area (Å²) in [5.74, 6) is -2.06. The minimum atomic E-state index is -3.78. The van der Waals surface area contributed by atoms with Gasteiger partial charge in [-0.3, -0.25) is 4.79 Å². The van der Waals surface area contributed by atoms with Crippen LogP contribution >= 0.6 is 11.6 Å². The summed E-state index contributed by atoms with van der Waals surface area (Å²) in [6, 6.07) is 7.79. The molecule has 11 heteroatoms. The molecule has 0 spiro atoms. The Balaban J connectivity index is 1.85. The fraction of sp³-hybridized carbons (Fsp3) is 0.364. The summed E-state index contributed by atoms with van der Waals surface area (Å²) in [5.41, 5.74) is 0.770. The van der Waals surface area contributed by atoms with Gasteiger partial charge in [-0.1, -0.05) is 11.6 Å².